The fraction of sp³-hybridized carbons (Fsp3) is 0.0833. The lowest BCUT2D eigenvalue weighted by atomic mass is 10.1. The molecule has 3 rings (SSSR count). The Kier molecular flexibility index (Phi) is 3.07. The Balaban J connectivity index is 1.93. The van der Waals surface area contributed by atoms with Crippen LogP contribution in [0.2, 0.25) is 0 Å². The van der Waals surface area contributed by atoms with Gasteiger partial charge in [-0.2, -0.15) is 4.98 Å². The minimum Gasteiger partial charge on any atom is -0.366 e. The number of amides is 1. The fourth-order valence-electron chi connectivity index (χ4n) is 1.87. The molecule has 2 aromatic heterocycles. The zero-order chi connectivity index (χ0) is 14.8. The van der Waals surface area contributed by atoms with E-state index in [2.05, 4.69) is 30.7 Å². The number of carbonyl (C=O) groups is 1. The lowest BCUT2D eigenvalue weighted by molar-refractivity contribution is 0.101. The van der Waals surface area contributed by atoms with Gasteiger partial charge in [-0.1, -0.05) is 12.1 Å². The molecule has 9 nitrogen and oxygen atoms in total. The molecule has 106 valence electrons. The largest absolute Gasteiger partial charge is 0.366 e. The Morgan fingerprint density at radius 1 is 1.38 bits per heavy atom. The molecule has 0 radical (unpaired) electrons. The molecule has 0 aliphatic carbocycles. The highest BCUT2D eigenvalue weighted by Crippen LogP contribution is 2.25. The van der Waals surface area contributed by atoms with Crippen LogP contribution in [0.25, 0.3) is 11.4 Å². The van der Waals surface area contributed by atoms with Gasteiger partial charge in [0.15, 0.2) is 5.82 Å². The van der Waals surface area contributed by atoms with Crippen molar-refractivity contribution >= 4 is 17.5 Å². The van der Waals surface area contributed by atoms with Crippen molar-refractivity contribution in [2.45, 2.75) is 0 Å². The second-order valence-electron chi connectivity index (χ2n) is 4.31. The third-order valence-electron chi connectivity index (χ3n) is 2.85. The Morgan fingerprint density at radius 2 is 2.19 bits per heavy atom. The maximum Gasteiger partial charge on any atom is 0.293 e. The van der Waals surface area contributed by atoms with E-state index in [9.17, 15) is 4.79 Å². The number of nitrogen functional groups attached to an aromatic ring is 1. The number of anilines is 2. The molecule has 21 heavy (non-hydrogen) atoms. The molecule has 0 spiro atoms. The minimum absolute atomic E-state index is 0.0155. The second kappa shape index (κ2) is 5.04. The number of aromatic nitrogens is 6. The van der Waals surface area contributed by atoms with Crippen molar-refractivity contribution in [3.05, 3.63) is 36.4 Å². The number of nitrogens with two attached hydrogens (primary N) is 1. The molecule has 0 aliphatic rings. The van der Waals surface area contributed by atoms with E-state index in [1.807, 2.05) is 25.2 Å². The van der Waals surface area contributed by atoms with Crippen LogP contribution >= 0.6 is 0 Å². The van der Waals surface area contributed by atoms with Crippen molar-refractivity contribution in [3.8, 4) is 11.4 Å². The first-order chi connectivity index (χ1) is 10.1. The average molecular weight is 284 g/mol. The number of nitrogens with zero attached hydrogens (tertiary/aromatic N) is 5. The Bertz CT molecular complexity index is 790. The number of para-hydroxylation sites is 1. The first-order valence-corrected chi connectivity index (χ1v) is 6.08. The number of hydrogen-bond acceptors (Lipinski definition) is 6. The van der Waals surface area contributed by atoms with Gasteiger partial charge in [0.2, 0.25) is 11.8 Å². The van der Waals surface area contributed by atoms with Crippen molar-refractivity contribution in [1.29, 1.82) is 0 Å². The molecule has 0 atom stereocenters. The highest BCUT2D eigenvalue weighted by molar-refractivity contribution is 6.03. The summed E-state index contributed by atoms with van der Waals surface area (Å²) in [6.45, 7) is 0. The van der Waals surface area contributed by atoms with E-state index in [0.29, 0.717) is 11.5 Å². The fourth-order valence-corrected chi connectivity index (χ4v) is 1.87. The Morgan fingerprint density at radius 3 is 2.86 bits per heavy atom. The minimum atomic E-state index is -0.436. The smallest absolute Gasteiger partial charge is 0.293 e. The molecule has 2 heterocycles. The van der Waals surface area contributed by atoms with Crippen LogP contribution in [-0.2, 0) is 7.05 Å². The predicted molar refractivity (Wildman–Crippen MR) is 75.2 cm³/mol. The van der Waals surface area contributed by atoms with Crippen LogP contribution in [0, 0.1) is 0 Å². The summed E-state index contributed by atoms with van der Waals surface area (Å²) in [7, 11) is 1.82. The van der Waals surface area contributed by atoms with Gasteiger partial charge in [-0.3, -0.25) is 9.89 Å². The monoisotopic (exact) mass is 284 g/mol. The summed E-state index contributed by atoms with van der Waals surface area (Å²) in [5, 5.41) is 16.7. The van der Waals surface area contributed by atoms with Gasteiger partial charge in [-0.05, 0) is 12.1 Å². The zero-order valence-corrected chi connectivity index (χ0v) is 11.1. The van der Waals surface area contributed by atoms with Gasteiger partial charge in [0.05, 0.1) is 5.69 Å². The van der Waals surface area contributed by atoms with Gasteiger partial charge in [0, 0.05) is 12.6 Å². The maximum atomic E-state index is 12.1. The summed E-state index contributed by atoms with van der Waals surface area (Å²) < 4.78 is 1.76. The molecule has 0 aliphatic heterocycles. The van der Waals surface area contributed by atoms with Crippen LogP contribution < -0.4 is 11.1 Å². The van der Waals surface area contributed by atoms with Crippen LogP contribution in [0.15, 0.2) is 30.6 Å². The van der Waals surface area contributed by atoms with E-state index in [1.54, 1.807) is 17.0 Å². The standard InChI is InChI=1S/C12H12N8O/c1-20-6-14-18-10(20)7-4-2-3-5-8(7)15-11(21)9-16-12(13)19-17-9/h2-6H,1H3,(H,15,21)(H3,13,16,17,19). The van der Waals surface area contributed by atoms with Crippen LogP contribution in [0.5, 0.6) is 0 Å². The summed E-state index contributed by atoms with van der Waals surface area (Å²) in [5.74, 6) is 0.263. The molecule has 3 aromatic rings. The zero-order valence-electron chi connectivity index (χ0n) is 11.1. The highest BCUT2D eigenvalue weighted by atomic mass is 16.2. The molecule has 1 amide bonds. The molecular weight excluding hydrogens is 272 g/mol. The molecule has 0 bridgehead atoms. The third-order valence-corrected chi connectivity index (χ3v) is 2.85. The van der Waals surface area contributed by atoms with Gasteiger partial charge >= 0.3 is 0 Å². The normalized spacial score (nSPS) is 10.5. The van der Waals surface area contributed by atoms with Crippen LogP contribution in [0.1, 0.15) is 10.6 Å². The number of carbonyl (C=O) groups excluding carboxylic acids is 1. The van der Waals surface area contributed by atoms with Gasteiger partial charge in [-0.25, -0.2) is 0 Å². The second-order valence-corrected chi connectivity index (χ2v) is 4.31. The van der Waals surface area contributed by atoms with E-state index in [0.717, 1.165) is 5.56 Å². The first kappa shape index (κ1) is 12.8. The van der Waals surface area contributed by atoms with E-state index in [1.165, 1.54) is 0 Å². The Hall–Kier alpha value is -3.23. The maximum absolute atomic E-state index is 12.1. The van der Waals surface area contributed by atoms with Gasteiger partial charge < -0.3 is 15.6 Å². The van der Waals surface area contributed by atoms with E-state index < -0.39 is 5.91 Å². The number of nitrogens with one attached hydrogen (secondary N) is 2. The summed E-state index contributed by atoms with van der Waals surface area (Å²) in [5.41, 5.74) is 6.72. The van der Waals surface area contributed by atoms with E-state index >= 15 is 0 Å². The first-order valence-electron chi connectivity index (χ1n) is 6.08. The van der Waals surface area contributed by atoms with Crippen molar-refractivity contribution in [3.63, 3.8) is 0 Å². The number of aromatic amines is 1. The summed E-state index contributed by atoms with van der Waals surface area (Å²) >= 11 is 0. The van der Waals surface area contributed by atoms with Gasteiger partial charge in [0.25, 0.3) is 5.91 Å². The quantitative estimate of drug-likeness (QED) is 0.640. The third kappa shape index (κ3) is 2.43. The lowest BCUT2D eigenvalue weighted by Crippen LogP contribution is -2.14. The van der Waals surface area contributed by atoms with Gasteiger partial charge in [-0.15, -0.1) is 15.3 Å². The SMILES string of the molecule is Cn1cnnc1-c1ccccc1NC(=O)c1nc(N)n[nH]1. The molecule has 0 saturated heterocycles. The van der Waals surface area contributed by atoms with Crippen molar-refractivity contribution < 1.29 is 4.79 Å². The molecule has 0 unspecified atom stereocenters. The summed E-state index contributed by atoms with van der Waals surface area (Å²) in [6, 6.07) is 7.27. The number of rotatable bonds is 3. The van der Waals surface area contributed by atoms with Crippen molar-refractivity contribution in [2.75, 3.05) is 11.1 Å². The molecular formula is C12H12N8O. The van der Waals surface area contributed by atoms with Crippen LogP contribution in [0.3, 0.4) is 0 Å². The van der Waals surface area contributed by atoms with Crippen molar-refractivity contribution in [1.82, 2.24) is 29.9 Å². The molecule has 9 heteroatoms. The molecule has 0 saturated carbocycles. The van der Waals surface area contributed by atoms with E-state index in [-0.39, 0.29) is 11.8 Å². The van der Waals surface area contributed by atoms with Crippen molar-refractivity contribution in [2.24, 2.45) is 7.05 Å². The molecule has 1 aromatic carbocycles. The van der Waals surface area contributed by atoms with E-state index in [4.69, 9.17) is 5.73 Å². The number of H-pyrrole nitrogens is 1. The Labute approximate surface area is 119 Å². The topological polar surface area (TPSA) is 127 Å². The number of aryl methyl sites for hydroxylation is 1. The summed E-state index contributed by atoms with van der Waals surface area (Å²) in [6.07, 6.45) is 1.59. The van der Waals surface area contributed by atoms with Gasteiger partial charge in [0.1, 0.15) is 6.33 Å². The number of benzene rings is 1. The molecule has 0 fully saturated rings. The van der Waals surface area contributed by atoms with Crippen LogP contribution in [-0.4, -0.2) is 35.9 Å². The molecule has 4 N–H and O–H groups in total. The highest BCUT2D eigenvalue weighted by Gasteiger charge is 2.15. The predicted octanol–water partition coefficient (Wildman–Crippen LogP) is 0.435. The average Bonchev–Trinajstić information content (AvgIpc) is 3.08. The number of hydrogen-bond donors (Lipinski definition) is 3. The lowest BCUT2D eigenvalue weighted by Gasteiger charge is -2.09. The summed E-state index contributed by atoms with van der Waals surface area (Å²) in [4.78, 5) is 15.9. The van der Waals surface area contributed by atoms with Crippen LogP contribution in [0.4, 0.5) is 11.6 Å².